The van der Waals surface area contributed by atoms with Crippen molar-refractivity contribution in [3.8, 4) is 17.1 Å². The van der Waals surface area contributed by atoms with Crippen LogP contribution in [-0.2, 0) is 17.9 Å². The normalized spacial score (nSPS) is 12.1. The van der Waals surface area contributed by atoms with Gasteiger partial charge in [0.1, 0.15) is 17.3 Å². The third-order valence-electron chi connectivity index (χ3n) is 5.07. The molecule has 0 aliphatic heterocycles. The number of furan rings is 2. The highest BCUT2D eigenvalue weighted by Crippen LogP contribution is 2.31. The quantitative estimate of drug-likeness (QED) is 0.341. The fourth-order valence-electron chi connectivity index (χ4n) is 3.32. The molecule has 4 rings (SSSR count). The Morgan fingerprint density at radius 3 is 2.36 bits per heavy atom. The summed E-state index contributed by atoms with van der Waals surface area (Å²) in [6.07, 6.45) is 3.23. The number of methoxy groups -OCH3 is 1. The molecule has 0 saturated carbocycles. The third-order valence-corrected chi connectivity index (χ3v) is 6.60. The number of nitrogens with one attached hydrogen (secondary N) is 1. The Bertz CT molecular complexity index is 1150. The summed E-state index contributed by atoms with van der Waals surface area (Å²) < 4.78 is 18.1. The molecule has 0 radical (unpaired) electrons. The number of nitrogens with zero attached hydrogens (tertiary/aromatic N) is 3. The zero-order valence-corrected chi connectivity index (χ0v) is 19.5. The van der Waals surface area contributed by atoms with Gasteiger partial charge in [-0.15, -0.1) is 10.2 Å². The van der Waals surface area contributed by atoms with Crippen LogP contribution in [0.3, 0.4) is 0 Å². The molecular formula is C24H26N4O4S. The maximum Gasteiger partial charge on any atom is 0.234 e. The van der Waals surface area contributed by atoms with Crippen LogP contribution in [0.15, 0.2) is 75.0 Å². The SMILES string of the molecule is COc1ccc(-c2nnc(SC(C(=O)NCc3ccco3)C(C)C)n2Cc2ccco2)cc1. The largest absolute Gasteiger partial charge is 0.497 e. The number of hydrogen-bond acceptors (Lipinski definition) is 7. The number of rotatable bonds is 10. The Kier molecular flexibility index (Phi) is 7.19. The zero-order valence-electron chi connectivity index (χ0n) is 18.7. The summed E-state index contributed by atoms with van der Waals surface area (Å²) >= 11 is 1.39. The van der Waals surface area contributed by atoms with Crippen LogP contribution in [0.1, 0.15) is 25.4 Å². The van der Waals surface area contributed by atoms with Gasteiger partial charge in [0.05, 0.1) is 38.0 Å². The first-order valence-electron chi connectivity index (χ1n) is 10.6. The number of hydrogen-bond donors (Lipinski definition) is 1. The number of ether oxygens (including phenoxy) is 1. The zero-order chi connectivity index (χ0) is 23.2. The van der Waals surface area contributed by atoms with Crippen LogP contribution in [-0.4, -0.2) is 33.0 Å². The van der Waals surface area contributed by atoms with Crippen molar-refractivity contribution in [1.82, 2.24) is 20.1 Å². The van der Waals surface area contributed by atoms with Crippen molar-refractivity contribution >= 4 is 17.7 Å². The summed E-state index contributed by atoms with van der Waals surface area (Å²) in [4.78, 5) is 13.0. The topological polar surface area (TPSA) is 95.3 Å². The van der Waals surface area contributed by atoms with Crippen molar-refractivity contribution in [3.63, 3.8) is 0 Å². The Morgan fingerprint density at radius 1 is 1.06 bits per heavy atom. The Hall–Kier alpha value is -3.46. The summed E-state index contributed by atoms with van der Waals surface area (Å²) in [7, 11) is 1.63. The lowest BCUT2D eigenvalue weighted by Gasteiger charge is -2.19. The van der Waals surface area contributed by atoms with Gasteiger partial charge < -0.3 is 18.9 Å². The van der Waals surface area contributed by atoms with Crippen molar-refractivity contribution < 1.29 is 18.4 Å². The van der Waals surface area contributed by atoms with Gasteiger partial charge in [-0.3, -0.25) is 9.36 Å². The molecule has 3 heterocycles. The highest BCUT2D eigenvalue weighted by atomic mass is 32.2. The number of aromatic nitrogens is 3. The fourth-order valence-corrected chi connectivity index (χ4v) is 4.38. The van der Waals surface area contributed by atoms with E-state index in [1.807, 2.05) is 60.9 Å². The molecular weight excluding hydrogens is 440 g/mol. The van der Waals surface area contributed by atoms with Gasteiger partial charge in [-0.2, -0.15) is 0 Å². The predicted molar refractivity (Wildman–Crippen MR) is 125 cm³/mol. The van der Waals surface area contributed by atoms with Gasteiger partial charge in [-0.1, -0.05) is 25.6 Å². The molecule has 0 bridgehead atoms. The maximum absolute atomic E-state index is 13.0. The number of carbonyl (C=O) groups is 1. The second kappa shape index (κ2) is 10.4. The third kappa shape index (κ3) is 5.48. The predicted octanol–water partition coefficient (Wildman–Crippen LogP) is 4.62. The first-order chi connectivity index (χ1) is 16.0. The van der Waals surface area contributed by atoms with E-state index in [0.29, 0.717) is 29.8 Å². The van der Waals surface area contributed by atoms with Gasteiger partial charge in [-0.05, 0) is 54.4 Å². The highest BCUT2D eigenvalue weighted by Gasteiger charge is 2.27. The van der Waals surface area contributed by atoms with E-state index in [1.165, 1.54) is 11.8 Å². The molecule has 1 unspecified atom stereocenters. The van der Waals surface area contributed by atoms with Crippen LogP contribution in [0.5, 0.6) is 5.75 Å². The van der Waals surface area contributed by atoms with Crippen molar-refractivity contribution in [2.24, 2.45) is 5.92 Å². The highest BCUT2D eigenvalue weighted by molar-refractivity contribution is 8.00. The van der Waals surface area contributed by atoms with E-state index in [1.54, 1.807) is 25.7 Å². The number of amides is 1. The lowest BCUT2D eigenvalue weighted by atomic mass is 10.1. The Morgan fingerprint density at radius 2 is 1.76 bits per heavy atom. The van der Waals surface area contributed by atoms with E-state index in [0.717, 1.165) is 17.1 Å². The van der Waals surface area contributed by atoms with Crippen LogP contribution in [0, 0.1) is 5.92 Å². The molecule has 0 aliphatic rings. The van der Waals surface area contributed by atoms with Gasteiger partial charge in [-0.25, -0.2) is 0 Å². The molecule has 0 spiro atoms. The first kappa shape index (κ1) is 22.7. The standard InChI is InChI=1S/C24H26N4O4S/c1-16(2)21(23(29)25-14-19-6-4-12-31-19)33-24-27-26-22(17-8-10-18(30-3)11-9-17)28(24)15-20-7-5-13-32-20/h4-13,16,21H,14-15H2,1-3H3,(H,25,29). The molecule has 0 aliphatic carbocycles. The van der Waals surface area contributed by atoms with Crippen LogP contribution >= 0.6 is 11.8 Å². The Labute approximate surface area is 196 Å². The number of thioether (sulfide) groups is 1. The Balaban J connectivity index is 1.60. The molecule has 9 heteroatoms. The van der Waals surface area contributed by atoms with Crippen LogP contribution in [0.2, 0.25) is 0 Å². The lowest BCUT2D eigenvalue weighted by Crippen LogP contribution is -2.35. The minimum atomic E-state index is -0.358. The molecule has 1 N–H and O–H groups in total. The molecule has 172 valence electrons. The van der Waals surface area contributed by atoms with Crippen molar-refractivity contribution in [1.29, 1.82) is 0 Å². The van der Waals surface area contributed by atoms with Gasteiger partial charge in [0.2, 0.25) is 5.91 Å². The van der Waals surface area contributed by atoms with E-state index in [2.05, 4.69) is 15.5 Å². The number of benzene rings is 1. The second-order valence-corrected chi connectivity index (χ2v) is 8.89. The van der Waals surface area contributed by atoms with E-state index in [-0.39, 0.29) is 17.1 Å². The number of carbonyl (C=O) groups excluding carboxylic acids is 1. The van der Waals surface area contributed by atoms with E-state index in [4.69, 9.17) is 13.6 Å². The van der Waals surface area contributed by atoms with Crippen LogP contribution in [0.25, 0.3) is 11.4 Å². The van der Waals surface area contributed by atoms with Gasteiger partial charge >= 0.3 is 0 Å². The van der Waals surface area contributed by atoms with Gasteiger partial charge in [0.25, 0.3) is 0 Å². The summed E-state index contributed by atoms with van der Waals surface area (Å²) in [6, 6.07) is 15.0. The van der Waals surface area contributed by atoms with E-state index >= 15 is 0 Å². The monoisotopic (exact) mass is 466 g/mol. The van der Waals surface area contributed by atoms with E-state index < -0.39 is 0 Å². The van der Waals surface area contributed by atoms with Gasteiger partial charge in [0.15, 0.2) is 11.0 Å². The minimum Gasteiger partial charge on any atom is -0.497 e. The average molecular weight is 467 g/mol. The lowest BCUT2D eigenvalue weighted by molar-refractivity contribution is -0.121. The molecule has 3 aromatic heterocycles. The molecule has 0 fully saturated rings. The van der Waals surface area contributed by atoms with Gasteiger partial charge in [0, 0.05) is 5.56 Å². The average Bonchev–Trinajstić information content (AvgIpc) is 3.59. The second-order valence-electron chi connectivity index (χ2n) is 7.78. The van der Waals surface area contributed by atoms with Crippen molar-refractivity contribution in [2.75, 3.05) is 7.11 Å². The minimum absolute atomic E-state index is 0.0739. The molecule has 33 heavy (non-hydrogen) atoms. The molecule has 8 nitrogen and oxygen atoms in total. The summed E-state index contributed by atoms with van der Waals surface area (Å²) in [5.41, 5.74) is 0.894. The molecule has 1 amide bonds. The maximum atomic E-state index is 13.0. The van der Waals surface area contributed by atoms with Crippen molar-refractivity contribution in [3.05, 3.63) is 72.6 Å². The molecule has 1 atom stereocenters. The van der Waals surface area contributed by atoms with Crippen LogP contribution < -0.4 is 10.1 Å². The molecule has 4 aromatic rings. The van der Waals surface area contributed by atoms with Crippen LogP contribution in [0.4, 0.5) is 0 Å². The van der Waals surface area contributed by atoms with Crippen molar-refractivity contribution in [2.45, 2.75) is 37.3 Å². The molecule has 1 aromatic carbocycles. The summed E-state index contributed by atoms with van der Waals surface area (Å²) in [6.45, 7) is 4.82. The first-order valence-corrected chi connectivity index (χ1v) is 11.5. The molecule has 0 saturated heterocycles. The van der Waals surface area contributed by atoms with E-state index in [9.17, 15) is 4.79 Å². The fraction of sp³-hybridized carbons (Fsp3) is 0.292. The summed E-state index contributed by atoms with van der Waals surface area (Å²) in [5, 5.41) is 12.1. The smallest absolute Gasteiger partial charge is 0.234 e. The summed E-state index contributed by atoms with van der Waals surface area (Å²) in [5.74, 6) is 2.93.